The number of hydrogen-bond donors (Lipinski definition) is 0. The zero-order chi connectivity index (χ0) is 10.7. The van der Waals surface area contributed by atoms with Crippen molar-refractivity contribution in [3.63, 3.8) is 0 Å². The molecule has 3 nitrogen and oxygen atoms in total. The molecule has 16 heavy (non-hydrogen) atoms. The van der Waals surface area contributed by atoms with Gasteiger partial charge in [-0.05, 0) is 25.5 Å². The quantitative estimate of drug-likeness (QED) is 0.739. The van der Waals surface area contributed by atoms with Crippen LogP contribution >= 0.6 is 12.4 Å². The second-order valence-corrected chi connectivity index (χ2v) is 3.61. The van der Waals surface area contributed by atoms with Crippen LogP contribution in [0.4, 0.5) is 0 Å². The Balaban J connectivity index is 0.00000128. The Bertz CT molecular complexity index is 389. The number of carbonyl (C=O) groups is 1. The van der Waals surface area contributed by atoms with E-state index in [2.05, 4.69) is 4.99 Å². The van der Waals surface area contributed by atoms with Gasteiger partial charge in [-0.2, -0.15) is 0 Å². The number of carbonyl (C=O) groups excluding carboxylic acids is 1. The summed E-state index contributed by atoms with van der Waals surface area (Å²) in [5, 5.41) is 0. The third-order valence-electron chi connectivity index (χ3n) is 2.54. The lowest BCUT2D eigenvalue weighted by atomic mass is 10.2. The van der Waals surface area contributed by atoms with E-state index >= 15 is 0 Å². The number of benzene rings is 1. The first kappa shape index (κ1) is 12.7. The van der Waals surface area contributed by atoms with Gasteiger partial charge >= 0.3 is 0 Å². The second kappa shape index (κ2) is 5.66. The van der Waals surface area contributed by atoms with Gasteiger partial charge in [-0.25, -0.2) is 0 Å². The van der Waals surface area contributed by atoms with Gasteiger partial charge in [-0.1, -0.05) is 18.2 Å². The van der Waals surface area contributed by atoms with Gasteiger partial charge in [0, 0.05) is 18.7 Å². The maximum Gasteiger partial charge on any atom is 0.259 e. The van der Waals surface area contributed by atoms with E-state index in [4.69, 9.17) is 0 Å². The average molecular weight is 239 g/mol. The predicted molar refractivity (Wildman–Crippen MR) is 67.3 cm³/mol. The number of hydrogen-bond acceptors (Lipinski definition) is 2. The molecule has 0 aliphatic carbocycles. The van der Waals surface area contributed by atoms with Crippen molar-refractivity contribution >= 4 is 24.1 Å². The first-order valence-corrected chi connectivity index (χ1v) is 5.17. The third-order valence-corrected chi connectivity index (χ3v) is 2.54. The van der Waals surface area contributed by atoms with Crippen LogP contribution in [0, 0.1) is 0 Å². The average Bonchev–Trinajstić information content (AvgIpc) is 2.30. The fraction of sp³-hybridized carbons (Fsp3) is 0.333. The summed E-state index contributed by atoms with van der Waals surface area (Å²) in [6, 6.07) is 9.34. The summed E-state index contributed by atoms with van der Waals surface area (Å²) >= 11 is 0. The molecule has 86 valence electrons. The molecule has 0 radical (unpaired) electrons. The van der Waals surface area contributed by atoms with Gasteiger partial charge in [0.2, 0.25) is 0 Å². The van der Waals surface area contributed by atoms with E-state index in [0.717, 1.165) is 30.9 Å². The molecule has 0 saturated heterocycles. The van der Waals surface area contributed by atoms with Crippen molar-refractivity contribution in [1.29, 1.82) is 0 Å². The molecule has 0 atom stereocenters. The number of amides is 1. The third kappa shape index (κ3) is 2.61. The highest BCUT2D eigenvalue weighted by molar-refractivity contribution is 6.05. The Morgan fingerprint density at radius 3 is 2.62 bits per heavy atom. The van der Waals surface area contributed by atoms with Crippen LogP contribution in [0.3, 0.4) is 0 Å². The van der Waals surface area contributed by atoms with Gasteiger partial charge < -0.3 is 0 Å². The van der Waals surface area contributed by atoms with Crippen LogP contribution in [0.1, 0.15) is 23.7 Å². The molecule has 0 fully saturated rings. The van der Waals surface area contributed by atoms with Crippen LogP contribution in [0.25, 0.3) is 0 Å². The van der Waals surface area contributed by atoms with Crippen molar-refractivity contribution in [1.82, 2.24) is 4.90 Å². The molecular weight excluding hydrogens is 224 g/mol. The minimum Gasteiger partial charge on any atom is -0.297 e. The van der Waals surface area contributed by atoms with Crippen molar-refractivity contribution in [2.45, 2.75) is 13.3 Å². The highest BCUT2D eigenvalue weighted by atomic mass is 35.5. The minimum atomic E-state index is 0. The molecule has 0 bridgehead atoms. The van der Waals surface area contributed by atoms with E-state index < -0.39 is 0 Å². The molecule has 1 aromatic rings. The van der Waals surface area contributed by atoms with Crippen LogP contribution in [-0.4, -0.2) is 29.7 Å². The van der Waals surface area contributed by atoms with Crippen molar-refractivity contribution in [2.75, 3.05) is 13.1 Å². The molecule has 0 spiro atoms. The van der Waals surface area contributed by atoms with Gasteiger partial charge in [0.05, 0.1) is 0 Å². The SMILES string of the molecule is CC1=NCCCN1C(=O)c1ccccc1.Cl. The van der Waals surface area contributed by atoms with Crippen molar-refractivity contribution < 1.29 is 4.79 Å². The van der Waals surface area contributed by atoms with Gasteiger partial charge in [0.1, 0.15) is 5.84 Å². The number of aliphatic imine (C=N–C) groups is 1. The second-order valence-electron chi connectivity index (χ2n) is 3.61. The summed E-state index contributed by atoms with van der Waals surface area (Å²) in [7, 11) is 0. The zero-order valence-electron chi connectivity index (χ0n) is 9.22. The van der Waals surface area contributed by atoms with Crippen molar-refractivity contribution in [2.24, 2.45) is 4.99 Å². The fourth-order valence-corrected chi connectivity index (χ4v) is 1.70. The Labute approximate surface area is 102 Å². The summed E-state index contributed by atoms with van der Waals surface area (Å²) in [6.07, 6.45) is 0.954. The van der Waals surface area contributed by atoms with E-state index in [1.54, 1.807) is 4.90 Å². The molecule has 0 unspecified atom stereocenters. The van der Waals surface area contributed by atoms with Gasteiger partial charge in [-0.15, -0.1) is 12.4 Å². The lowest BCUT2D eigenvalue weighted by Crippen LogP contribution is -2.38. The lowest BCUT2D eigenvalue weighted by Gasteiger charge is -2.25. The summed E-state index contributed by atoms with van der Waals surface area (Å²) in [6.45, 7) is 3.51. The standard InChI is InChI=1S/C12H14N2O.ClH/c1-10-13-8-5-9-14(10)12(15)11-6-3-2-4-7-11;/h2-4,6-7H,5,8-9H2,1H3;1H. The van der Waals surface area contributed by atoms with Crippen molar-refractivity contribution in [3.05, 3.63) is 35.9 Å². The molecule has 1 aliphatic heterocycles. The smallest absolute Gasteiger partial charge is 0.259 e. The van der Waals surface area contributed by atoms with Gasteiger partial charge in [0.15, 0.2) is 0 Å². The summed E-state index contributed by atoms with van der Waals surface area (Å²) < 4.78 is 0. The Morgan fingerprint density at radius 1 is 1.31 bits per heavy atom. The van der Waals surface area contributed by atoms with E-state index in [9.17, 15) is 4.79 Å². The molecule has 0 N–H and O–H groups in total. The number of nitrogens with zero attached hydrogens (tertiary/aromatic N) is 2. The highest BCUT2D eigenvalue weighted by Crippen LogP contribution is 2.09. The molecule has 2 rings (SSSR count). The molecule has 1 amide bonds. The molecular formula is C12H15ClN2O. The molecule has 1 aliphatic rings. The first-order valence-electron chi connectivity index (χ1n) is 5.17. The first-order chi connectivity index (χ1) is 7.29. The van der Waals surface area contributed by atoms with Crippen LogP contribution in [-0.2, 0) is 0 Å². The van der Waals surface area contributed by atoms with Crippen molar-refractivity contribution in [3.8, 4) is 0 Å². The van der Waals surface area contributed by atoms with E-state index in [-0.39, 0.29) is 18.3 Å². The normalized spacial score (nSPS) is 15.1. The van der Waals surface area contributed by atoms with Crippen LogP contribution < -0.4 is 0 Å². The zero-order valence-corrected chi connectivity index (χ0v) is 10.0. The van der Waals surface area contributed by atoms with E-state index in [1.807, 2.05) is 37.3 Å². The van der Waals surface area contributed by atoms with E-state index in [1.165, 1.54) is 0 Å². The predicted octanol–water partition coefficient (Wildman–Crippen LogP) is 2.37. The number of halogens is 1. The number of amidine groups is 1. The van der Waals surface area contributed by atoms with Crippen LogP contribution in [0.2, 0.25) is 0 Å². The maximum atomic E-state index is 12.1. The van der Waals surface area contributed by atoms with E-state index in [0.29, 0.717) is 0 Å². The molecule has 0 aromatic heterocycles. The number of rotatable bonds is 1. The Morgan fingerprint density at radius 2 is 2.00 bits per heavy atom. The molecule has 4 heteroatoms. The Hall–Kier alpha value is -1.35. The largest absolute Gasteiger partial charge is 0.297 e. The summed E-state index contributed by atoms with van der Waals surface area (Å²) in [5.41, 5.74) is 0.731. The van der Waals surface area contributed by atoms with Gasteiger partial charge in [-0.3, -0.25) is 14.7 Å². The molecule has 0 saturated carbocycles. The topological polar surface area (TPSA) is 32.7 Å². The molecule has 1 heterocycles. The Kier molecular flexibility index (Phi) is 4.50. The summed E-state index contributed by atoms with van der Waals surface area (Å²) in [5.74, 6) is 0.881. The van der Waals surface area contributed by atoms with Gasteiger partial charge in [0.25, 0.3) is 5.91 Å². The minimum absolute atomic E-state index is 0. The highest BCUT2D eigenvalue weighted by Gasteiger charge is 2.19. The fourth-order valence-electron chi connectivity index (χ4n) is 1.70. The maximum absolute atomic E-state index is 12.1. The molecule has 1 aromatic carbocycles. The lowest BCUT2D eigenvalue weighted by molar-refractivity contribution is 0.0841. The monoisotopic (exact) mass is 238 g/mol. The van der Waals surface area contributed by atoms with Crippen LogP contribution in [0.5, 0.6) is 0 Å². The van der Waals surface area contributed by atoms with Crippen LogP contribution in [0.15, 0.2) is 35.3 Å². The summed E-state index contributed by atoms with van der Waals surface area (Å²) in [4.78, 5) is 18.1.